The van der Waals surface area contributed by atoms with Gasteiger partial charge in [0.2, 0.25) is 19.7 Å². The van der Waals surface area contributed by atoms with Gasteiger partial charge in [0.05, 0.1) is 7.11 Å². The minimum Gasteiger partial charge on any atom is -0.497 e. The molecule has 2 unspecified atom stereocenters. The molecule has 2 saturated heterocycles. The van der Waals surface area contributed by atoms with Crippen molar-refractivity contribution in [3.05, 3.63) is 207 Å². The summed E-state index contributed by atoms with van der Waals surface area (Å²) in [6, 6.07) is 49.7. The van der Waals surface area contributed by atoms with Gasteiger partial charge >= 0.3 is 0 Å². The molecule has 0 N–H and O–H groups in total. The van der Waals surface area contributed by atoms with Crippen LogP contribution in [0.15, 0.2) is 180 Å². The fourth-order valence-electron chi connectivity index (χ4n) is 6.74. The number of rotatable bonds is 7. The van der Waals surface area contributed by atoms with Crippen LogP contribution in [0.5, 0.6) is 5.75 Å². The van der Waals surface area contributed by atoms with Crippen LogP contribution in [0.1, 0.15) is 38.6 Å². The molecular weight excluding hydrogens is 757 g/mol. The van der Waals surface area contributed by atoms with Crippen LogP contribution in [0, 0.1) is 6.92 Å². The van der Waals surface area contributed by atoms with E-state index >= 15 is 0 Å². The first-order valence-electron chi connectivity index (χ1n) is 18.0. The van der Waals surface area contributed by atoms with Gasteiger partial charge in [-0.2, -0.15) is 0 Å². The van der Waals surface area contributed by atoms with Crippen molar-refractivity contribution in [2.24, 2.45) is 0 Å². The molecule has 2 amide bonds. The van der Waals surface area contributed by atoms with Crippen LogP contribution in [-0.4, -0.2) is 35.8 Å². The van der Waals surface area contributed by atoms with Crippen LogP contribution in [0.4, 0.5) is 11.4 Å². The second kappa shape index (κ2) is 16.3. The molecule has 0 spiro atoms. The molecule has 0 bridgehead atoms. The SMILES string of the molecule is COc1ccc(/C=C2\C(=O)N(c3ccccc3)C(c3ccccc3)S2(=O)=O)cc1.Cc1ccc(/C=C2\C(=O)N(c3ccccc3)C(c3ccccc3)S2(=O)=O)cc1. The van der Waals surface area contributed by atoms with Crippen molar-refractivity contribution in [2.45, 2.75) is 17.7 Å². The van der Waals surface area contributed by atoms with Gasteiger partial charge < -0.3 is 4.74 Å². The molecule has 2 fully saturated rings. The largest absolute Gasteiger partial charge is 0.497 e. The monoisotopic (exact) mass is 794 g/mol. The third-order valence-electron chi connectivity index (χ3n) is 9.56. The van der Waals surface area contributed by atoms with Crippen molar-refractivity contribution in [2.75, 3.05) is 16.9 Å². The maximum atomic E-state index is 13.5. The predicted molar refractivity (Wildman–Crippen MR) is 224 cm³/mol. The molecule has 6 aromatic carbocycles. The molecule has 57 heavy (non-hydrogen) atoms. The Morgan fingerprint density at radius 1 is 0.474 bits per heavy atom. The molecule has 0 aromatic heterocycles. The number of benzene rings is 6. The fraction of sp³-hybridized carbons (Fsp3) is 0.0870. The van der Waals surface area contributed by atoms with Gasteiger partial charge in [0.1, 0.15) is 15.6 Å². The Labute approximate surface area is 332 Å². The number of amides is 2. The quantitative estimate of drug-likeness (QED) is 0.149. The van der Waals surface area contributed by atoms with E-state index in [4.69, 9.17) is 4.74 Å². The summed E-state index contributed by atoms with van der Waals surface area (Å²) in [5, 5.41) is -2.19. The maximum Gasteiger partial charge on any atom is 0.271 e. The minimum absolute atomic E-state index is 0.186. The van der Waals surface area contributed by atoms with Gasteiger partial charge in [-0.3, -0.25) is 19.4 Å². The highest BCUT2D eigenvalue weighted by Gasteiger charge is 2.51. The van der Waals surface area contributed by atoms with E-state index in [0.29, 0.717) is 39.4 Å². The Bertz CT molecular complexity index is 2670. The van der Waals surface area contributed by atoms with Crippen molar-refractivity contribution in [1.82, 2.24) is 0 Å². The normalized spacial score (nSPS) is 19.7. The second-order valence-corrected chi connectivity index (χ2v) is 17.3. The van der Waals surface area contributed by atoms with E-state index in [2.05, 4.69) is 0 Å². The van der Waals surface area contributed by atoms with E-state index in [0.717, 1.165) is 5.56 Å². The van der Waals surface area contributed by atoms with Gasteiger partial charge in [-0.1, -0.05) is 139 Å². The summed E-state index contributed by atoms with van der Waals surface area (Å²) in [4.78, 5) is 28.8. The van der Waals surface area contributed by atoms with E-state index in [1.807, 2.05) is 55.5 Å². The summed E-state index contributed by atoms with van der Waals surface area (Å²) in [7, 11) is -6.28. The third-order valence-corrected chi connectivity index (χ3v) is 13.5. The summed E-state index contributed by atoms with van der Waals surface area (Å²) in [6.45, 7) is 1.96. The number of nitrogens with zero attached hydrogens (tertiary/aromatic N) is 2. The molecule has 2 aliphatic heterocycles. The van der Waals surface area contributed by atoms with E-state index in [1.54, 1.807) is 128 Å². The van der Waals surface area contributed by atoms with E-state index < -0.39 is 42.2 Å². The van der Waals surface area contributed by atoms with Crippen molar-refractivity contribution >= 4 is 55.0 Å². The molecule has 2 atom stereocenters. The summed E-state index contributed by atoms with van der Waals surface area (Å²) >= 11 is 0. The Morgan fingerprint density at radius 2 is 0.807 bits per heavy atom. The Hall–Kier alpha value is -6.56. The zero-order chi connectivity index (χ0) is 40.2. The molecule has 0 aliphatic carbocycles. The predicted octanol–water partition coefficient (Wildman–Crippen LogP) is 8.69. The zero-order valence-electron chi connectivity index (χ0n) is 31.0. The first-order chi connectivity index (χ1) is 27.5. The Kier molecular flexibility index (Phi) is 11.0. The molecule has 11 heteroatoms. The Morgan fingerprint density at radius 3 is 1.16 bits per heavy atom. The number of methoxy groups -OCH3 is 1. The molecule has 9 nitrogen and oxygen atoms in total. The summed E-state index contributed by atoms with van der Waals surface area (Å²) in [5.74, 6) is -0.401. The van der Waals surface area contributed by atoms with Crippen LogP contribution in [0.25, 0.3) is 12.2 Å². The van der Waals surface area contributed by atoms with Gasteiger partial charge in [-0.25, -0.2) is 16.8 Å². The highest BCUT2D eigenvalue weighted by Crippen LogP contribution is 2.44. The average Bonchev–Trinajstić information content (AvgIpc) is 3.56. The van der Waals surface area contributed by atoms with Crippen LogP contribution >= 0.6 is 0 Å². The summed E-state index contributed by atoms with van der Waals surface area (Å²) in [6.07, 6.45) is 2.89. The lowest BCUT2D eigenvalue weighted by molar-refractivity contribution is -0.115. The van der Waals surface area contributed by atoms with Crippen LogP contribution in [0.3, 0.4) is 0 Å². The molecule has 8 rings (SSSR count). The molecule has 286 valence electrons. The number of carbonyl (C=O) groups excluding carboxylic acids is 2. The zero-order valence-corrected chi connectivity index (χ0v) is 32.7. The molecule has 0 saturated carbocycles. The molecule has 0 radical (unpaired) electrons. The smallest absolute Gasteiger partial charge is 0.271 e. The lowest BCUT2D eigenvalue weighted by Gasteiger charge is -2.23. The number of hydrogen-bond donors (Lipinski definition) is 0. The van der Waals surface area contributed by atoms with E-state index in [9.17, 15) is 26.4 Å². The Balaban J connectivity index is 0.000000174. The second-order valence-electron chi connectivity index (χ2n) is 13.3. The van der Waals surface area contributed by atoms with Crippen molar-refractivity contribution in [1.29, 1.82) is 0 Å². The van der Waals surface area contributed by atoms with Gasteiger partial charge in [0.25, 0.3) is 11.8 Å². The number of sulfone groups is 2. The van der Waals surface area contributed by atoms with Crippen LogP contribution in [0.2, 0.25) is 0 Å². The van der Waals surface area contributed by atoms with E-state index in [1.165, 1.54) is 22.0 Å². The van der Waals surface area contributed by atoms with Crippen LogP contribution in [-0.2, 0) is 29.3 Å². The topological polar surface area (TPSA) is 118 Å². The number of carbonyl (C=O) groups is 2. The lowest BCUT2D eigenvalue weighted by atomic mass is 10.1. The first kappa shape index (κ1) is 38.7. The molecule has 2 aliphatic rings. The molecule has 6 aromatic rings. The fourth-order valence-corrected chi connectivity index (χ4v) is 10.5. The first-order valence-corrected chi connectivity index (χ1v) is 21.1. The van der Waals surface area contributed by atoms with Crippen molar-refractivity contribution in [3.8, 4) is 5.75 Å². The van der Waals surface area contributed by atoms with Crippen molar-refractivity contribution < 1.29 is 31.2 Å². The number of para-hydroxylation sites is 2. The summed E-state index contributed by atoms with van der Waals surface area (Å²) in [5.41, 5.74) is 4.55. The number of ether oxygens (including phenoxy) is 1. The van der Waals surface area contributed by atoms with Gasteiger partial charge in [-0.05, 0) is 77.7 Å². The average molecular weight is 795 g/mol. The van der Waals surface area contributed by atoms with Gasteiger partial charge in [0, 0.05) is 11.4 Å². The van der Waals surface area contributed by atoms with Crippen LogP contribution < -0.4 is 14.5 Å². The lowest BCUT2D eigenvalue weighted by Crippen LogP contribution is -2.28. The third kappa shape index (κ3) is 7.80. The highest BCUT2D eigenvalue weighted by atomic mass is 32.2. The van der Waals surface area contributed by atoms with E-state index in [-0.39, 0.29) is 9.81 Å². The number of hydrogen-bond acceptors (Lipinski definition) is 7. The van der Waals surface area contributed by atoms with Gasteiger partial charge in [-0.15, -0.1) is 0 Å². The minimum atomic E-state index is -3.94. The highest BCUT2D eigenvalue weighted by molar-refractivity contribution is 7.97. The number of anilines is 2. The standard InChI is InChI=1S/C23H19NO4S.C23H19NO3S/c1-28-20-14-12-17(13-15-20)16-21-22(25)24(19-10-6-3-7-11-19)23(29(21,26)27)18-8-4-2-5-9-18;1-17-12-14-18(15-13-17)16-21-22(25)24(20-10-6-3-7-11-20)23(28(21,26)27)19-8-4-2-5-9-19/h2-16,23H,1H3;2-16,23H,1H3/b2*21-16+. The molecule has 2 heterocycles. The number of aryl methyl sites for hydroxylation is 1. The van der Waals surface area contributed by atoms with Gasteiger partial charge in [0.15, 0.2) is 10.7 Å². The maximum absolute atomic E-state index is 13.5. The molecular formula is C46H38N2O7S2. The van der Waals surface area contributed by atoms with Crippen molar-refractivity contribution in [3.63, 3.8) is 0 Å². The summed E-state index contributed by atoms with van der Waals surface area (Å²) < 4.78 is 58.9.